The van der Waals surface area contributed by atoms with Crippen LogP contribution < -0.4 is 10.6 Å². The second-order valence-electron chi connectivity index (χ2n) is 4.35. The van der Waals surface area contributed by atoms with E-state index in [0.717, 1.165) is 0 Å². The van der Waals surface area contributed by atoms with E-state index in [4.69, 9.17) is 0 Å². The molecule has 0 amide bonds. The van der Waals surface area contributed by atoms with Crippen molar-refractivity contribution in [2.45, 2.75) is 48.8 Å². The third-order valence-corrected chi connectivity index (χ3v) is 4.07. The van der Waals surface area contributed by atoms with Crippen LogP contribution in [0, 0.1) is 0 Å². The summed E-state index contributed by atoms with van der Waals surface area (Å²) < 4.78 is 0.129. The average Bonchev–Trinajstić information content (AvgIpc) is 2.06. The lowest BCUT2D eigenvalue weighted by Crippen LogP contribution is -2.68. The van der Waals surface area contributed by atoms with E-state index in [1.54, 1.807) is 0 Å². The number of rotatable bonds is 0. The summed E-state index contributed by atoms with van der Waals surface area (Å²) in [4.78, 5) is 0. The van der Waals surface area contributed by atoms with E-state index in [2.05, 4.69) is 33.5 Å². The minimum Gasteiger partial charge on any atom is -0.377 e. The van der Waals surface area contributed by atoms with E-state index in [0.29, 0.717) is 18.6 Å². The first-order valence-electron chi connectivity index (χ1n) is 4.96. The van der Waals surface area contributed by atoms with Crippen LogP contribution in [0.2, 0.25) is 0 Å². The van der Waals surface area contributed by atoms with E-state index in [1.165, 1.54) is 19.3 Å². The summed E-state index contributed by atoms with van der Waals surface area (Å²) in [5.41, 5.74) is 0. The lowest BCUT2D eigenvalue weighted by atomic mass is 9.80. The molecule has 13 heavy (non-hydrogen) atoms. The summed E-state index contributed by atoms with van der Waals surface area (Å²) in [6.45, 7) is 2.88. The number of fused-ring (bicyclic) bond motifs is 1. The fraction of sp³-hybridized carbons (Fsp3) is 1.00. The van der Waals surface area contributed by atoms with Crippen LogP contribution >= 0.6 is 15.9 Å². The molecule has 1 heterocycles. The second-order valence-corrected chi connectivity index (χ2v) is 6.16. The van der Waals surface area contributed by atoms with Crippen LogP contribution in [0.15, 0.2) is 0 Å². The highest BCUT2D eigenvalue weighted by molar-refractivity contribution is 9.10. The van der Waals surface area contributed by atoms with Crippen molar-refractivity contribution in [1.82, 2.24) is 10.6 Å². The predicted octanol–water partition coefficient (Wildman–Crippen LogP) is 0.572. The molecule has 0 spiro atoms. The number of alkyl halides is 1. The van der Waals surface area contributed by atoms with Crippen molar-refractivity contribution in [1.29, 1.82) is 0 Å². The van der Waals surface area contributed by atoms with Crippen molar-refractivity contribution in [3.05, 3.63) is 0 Å². The summed E-state index contributed by atoms with van der Waals surface area (Å²) in [6, 6.07) is 0.867. The molecule has 3 N–H and O–H groups in total. The summed E-state index contributed by atoms with van der Waals surface area (Å²) in [5.74, 6) is 0. The smallest absolute Gasteiger partial charge is 0.117 e. The number of halogens is 1. The molecule has 1 saturated heterocycles. The number of β-amino-alcohol motifs (C(OH)–C–C–N with tert-alkyl or cyclic N) is 1. The van der Waals surface area contributed by atoms with Gasteiger partial charge in [-0.25, -0.2) is 0 Å². The maximum Gasteiger partial charge on any atom is 0.117 e. The Bertz CT molecular complexity index is 198. The zero-order valence-electron chi connectivity index (χ0n) is 7.89. The molecular formula is C9H17BrN2O. The molecule has 1 aliphatic carbocycles. The largest absolute Gasteiger partial charge is 0.377 e. The lowest BCUT2D eigenvalue weighted by molar-refractivity contribution is 0.0559. The van der Waals surface area contributed by atoms with Crippen molar-refractivity contribution in [3.63, 3.8) is 0 Å². The van der Waals surface area contributed by atoms with Gasteiger partial charge in [0.05, 0.1) is 0 Å². The quantitative estimate of drug-likeness (QED) is 0.550. The normalized spacial score (nSPS) is 51.5. The Morgan fingerprint density at radius 1 is 1.54 bits per heavy atom. The second kappa shape index (κ2) is 3.50. The Balaban J connectivity index is 2.10. The standard InChI is InChI=1S/C9H17BrN2O/c1-9(10)4-2-3-6-8(9)12-7(13)5-11-6/h6-8,11-13H,2-5H2,1H3. The summed E-state index contributed by atoms with van der Waals surface area (Å²) in [6.07, 6.45) is 3.26. The van der Waals surface area contributed by atoms with Gasteiger partial charge in [0, 0.05) is 23.0 Å². The third kappa shape index (κ3) is 1.91. The van der Waals surface area contributed by atoms with Crippen LogP contribution in [0.5, 0.6) is 0 Å². The van der Waals surface area contributed by atoms with Gasteiger partial charge in [0.2, 0.25) is 0 Å². The van der Waals surface area contributed by atoms with Crippen LogP contribution in [0.4, 0.5) is 0 Å². The van der Waals surface area contributed by atoms with Gasteiger partial charge in [0.25, 0.3) is 0 Å². The summed E-state index contributed by atoms with van der Waals surface area (Å²) >= 11 is 3.75. The number of nitrogens with one attached hydrogen (secondary N) is 2. The first kappa shape index (κ1) is 9.90. The minimum absolute atomic E-state index is 0.129. The Morgan fingerprint density at radius 2 is 2.31 bits per heavy atom. The van der Waals surface area contributed by atoms with Crippen LogP contribution in [-0.4, -0.2) is 34.3 Å². The zero-order chi connectivity index (χ0) is 9.47. The van der Waals surface area contributed by atoms with E-state index < -0.39 is 6.23 Å². The highest BCUT2D eigenvalue weighted by atomic mass is 79.9. The maximum absolute atomic E-state index is 9.49. The maximum atomic E-state index is 9.49. The highest BCUT2D eigenvalue weighted by Gasteiger charge is 2.43. The SMILES string of the molecule is CC1(Br)CCCC2NCC(O)NC21. The van der Waals surface area contributed by atoms with Gasteiger partial charge in [-0.15, -0.1) is 0 Å². The molecule has 0 bridgehead atoms. The molecule has 1 saturated carbocycles. The van der Waals surface area contributed by atoms with E-state index in [-0.39, 0.29) is 4.32 Å². The van der Waals surface area contributed by atoms with Crippen LogP contribution in [0.3, 0.4) is 0 Å². The number of hydrogen-bond acceptors (Lipinski definition) is 3. The zero-order valence-corrected chi connectivity index (χ0v) is 9.47. The third-order valence-electron chi connectivity index (χ3n) is 3.18. The Morgan fingerprint density at radius 3 is 3.08 bits per heavy atom. The first-order valence-corrected chi connectivity index (χ1v) is 5.75. The molecule has 4 unspecified atom stereocenters. The van der Waals surface area contributed by atoms with E-state index >= 15 is 0 Å². The fourth-order valence-electron chi connectivity index (χ4n) is 2.45. The molecule has 2 aliphatic rings. The molecule has 4 heteroatoms. The van der Waals surface area contributed by atoms with Crippen molar-refractivity contribution in [2.24, 2.45) is 0 Å². The van der Waals surface area contributed by atoms with E-state index in [1.807, 2.05) is 0 Å². The number of hydrogen-bond donors (Lipinski definition) is 3. The van der Waals surface area contributed by atoms with Crippen LogP contribution in [-0.2, 0) is 0 Å². The summed E-state index contributed by atoms with van der Waals surface area (Å²) in [7, 11) is 0. The van der Waals surface area contributed by atoms with Gasteiger partial charge in [0.15, 0.2) is 0 Å². The van der Waals surface area contributed by atoms with Crippen molar-refractivity contribution in [3.8, 4) is 0 Å². The minimum atomic E-state index is -0.392. The van der Waals surface area contributed by atoms with Crippen LogP contribution in [0.1, 0.15) is 26.2 Å². The number of aliphatic hydroxyl groups is 1. The lowest BCUT2D eigenvalue weighted by Gasteiger charge is -2.47. The molecule has 0 radical (unpaired) electrons. The van der Waals surface area contributed by atoms with Gasteiger partial charge in [-0.2, -0.15) is 0 Å². The Labute approximate surface area is 87.4 Å². The number of aliphatic hydroxyl groups excluding tert-OH is 1. The molecule has 4 atom stereocenters. The fourth-order valence-corrected chi connectivity index (χ4v) is 3.18. The average molecular weight is 249 g/mol. The van der Waals surface area contributed by atoms with Crippen LogP contribution in [0.25, 0.3) is 0 Å². The molecule has 1 aliphatic heterocycles. The molecule has 76 valence electrons. The molecule has 0 aromatic carbocycles. The van der Waals surface area contributed by atoms with Gasteiger partial charge in [-0.1, -0.05) is 22.4 Å². The molecule has 2 fully saturated rings. The molecular weight excluding hydrogens is 232 g/mol. The molecule has 2 rings (SSSR count). The summed E-state index contributed by atoms with van der Waals surface area (Å²) in [5, 5.41) is 16.1. The van der Waals surface area contributed by atoms with Gasteiger partial charge >= 0.3 is 0 Å². The Hall–Kier alpha value is 0.360. The molecule has 3 nitrogen and oxygen atoms in total. The van der Waals surface area contributed by atoms with Crippen molar-refractivity contribution in [2.75, 3.05) is 6.54 Å². The number of piperazine rings is 1. The molecule has 0 aromatic heterocycles. The Kier molecular flexibility index (Phi) is 2.66. The first-order chi connectivity index (χ1) is 6.09. The monoisotopic (exact) mass is 248 g/mol. The van der Waals surface area contributed by atoms with Gasteiger partial charge < -0.3 is 10.4 Å². The van der Waals surface area contributed by atoms with Gasteiger partial charge in [-0.05, 0) is 19.8 Å². The topological polar surface area (TPSA) is 44.3 Å². The van der Waals surface area contributed by atoms with Gasteiger partial charge in [-0.3, -0.25) is 5.32 Å². The van der Waals surface area contributed by atoms with Crippen molar-refractivity contribution < 1.29 is 5.11 Å². The predicted molar refractivity (Wildman–Crippen MR) is 55.9 cm³/mol. The van der Waals surface area contributed by atoms with Gasteiger partial charge in [0.1, 0.15) is 6.23 Å². The van der Waals surface area contributed by atoms with E-state index in [9.17, 15) is 5.11 Å². The highest BCUT2D eigenvalue weighted by Crippen LogP contribution is 2.36. The van der Waals surface area contributed by atoms with Crippen molar-refractivity contribution >= 4 is 15.9 Å². The molecule has 0 aromatic rings.